The number of phenols is 1. The highest BCUT2D eigenvalue weighted by Crippen LogP contribution is 2.34. The predicted octanol–water partition coefficient (Wildman–Crippen LogP) is 4.33. The second kappa shape index (κ2) is 6.73. The minimum absolute atomic E-state index is 0.0344. The molecule has 0 saturated carbocycles. The van der Waals surface area contributed by atoms with Crippen molar-refractivity contribution in [1.29, 1.82) is 0 Å². The number of aromatic nitrogens is 1. The van der Waals surface area contributed by atoms with Crippen molar-refractivity contribution >= 4 is 0 Å². The molecule has 1 aromatic heterocycles. The zero-order valence-electron chi connectivity index (χ0n) is 14.0. The standard InChI is InChI=1S/C21H21FN2O/c22-18-8-3-7-16(14-18)21-19-9-4-11-23(19)12-5-13-24(21)15-17-6-1-2-10-20(17)25/h1-4,6-11,14,21,25H,5,12-13,15H2/t21-/m0/s1. The summed E-state index contributed by atoms with van der Waals surface area (Å²) in [6.45, 7) is 2.46. The van der Waals surface area contributed by atoms with E-state index in [-0.39, 0.29) is 11.9 Å². The molecule has 1 N–H and O–H groups in total. The number of benzene rings is 2. The Morgan fingerprint density at radius 1 is 1.00 bits per heavy atom. The first kappa shape index (κ1) is 15.9. The summed E-state index contributed by atoms with van der Waals surface area (Å²) in [6, 6.07) is 18.4. The van der Waals surface area contributed by atoms with E-state index in [1.807, 2.05) is 30.3 Å². The van der Waals surface area contributed by atoms with E-state index in [0.717, 1.165) is 30.6 Å². The van der Waals surface area contributed by atoms with Crippen LogP contribution in [0.1, 0.15) is 29.3 Å². The van der Waals surface area contributed by atoms with Crippen LogP contribution in [-0.2, 0) is 13.1 Å². The zero-order chi connectivity index (χ0) is 17.2. The van der Waals surface area contributed by atoms with Gasteiger partial charge in [0.2, 0.25) is 0 Å². The number of halogens is 1. The summed E-state index contributed by atoms with van der Waals surface area (Å²) in [6.07, 6.45) is 3.10. The number of rotatable bonds is 3. The maximum Gasteiger partial charge on any atom is 0.123 e. The molecule has 0 unspecified atom stereocenters. The van der Waals surface area contributed by atoms with E-state index in [1.165, 1.54) is 11.8 Å². The summed E-state index contributed by atoms with van der Waals surface area (Å²) >= 11 is 0. The lowest BCUT2D eigenvalue weighted by molar-refractivity contribution is 0.217. The van der Waals surface area contributed by atoms with Gasteiger partial charge in [-0.25, -0.2) is 4.39 Å². The molecule has 1 aliphatic heterocycles. The lowest BCUT2D eigenvalue weighted by atomic mass is 10.0. The molecule has 0 aliphatic carbocycles. The molecular formula is C21H21FN2O. The van der Waals surface area contributed by atoms with Crippen LogP contribution in [0.15, 0.2) is 66.9 Å². The minimum atomic E-state index is -0.220. The van der Waals surface area contributed by atoms with E-state index >= 15 is 0 Å². The molecule has 4 rings (SSSR count). The highest BCUT2D eigenvalue weighted by atomic mass is 19.1. The third kappa shape index (κ3) is 3.17. The molecule has 3 nitrogen and oxygen atoms in total. The van der Waals surface area contributed by atoms with Crippen LogP contribution in [0.4, 0.5) is 4.39 Å². The fraction of sp³-hybridized carbons (Fsp3) is 0.238. The Balaban J connectivity index is 1.77. The molecule has 0 radical (unpaired) electrons. The van der Waals surface area contributed by atoms with Crippen LogP contribution < -0.4 is 0 Å². The van der Waals surface area contributed by atoms with Crippen molar-refractivity contribution in [3.05, 3.63) is 89.5 Å². The molecule has 0 amide bonds. The van der Waals surface area contributed by atoms with Gasteiger partial charge >= 0.3 is 0 Å². The quantitative estimate of drug-likeness (QED) is 0.771. The summed E-state index contributed by atoms with van der Waals surface area (Å²) in [5.74, 6) is 0.0856. The molecular weight excluding hydrogens is 315 g/mol. The average Bonchev–Trinajstić information content (AvgIpc) is 2.98. The van der Waals surface area contributed by atoms with Crippen LogP contribution in [0.2, 0.25) is 0 Å². The Morgan fingerprint density at radius 3 is 2.72 bits per heavy atom. The highest BCUT2D eigenvalue weighted by Gasteiger charge is 2.28. The van der Waals surface area contributed by atoms with Crippen LogP contribution in [0, 0.1) is 5.82 Å². The van der Waals surface area contributed by atoms with E-state index in [4.69, 9.17) is 0 Å². The van der Waals surface area contributed by atoms with Gasteiger partial charge in [-0.3, -0.25) is 4.90 Å². The van der Waals surface area contributed by atoms with Crippen molar-refractivity contribution in [3.63, 3.8) is 0 Å². The largest absolute Gasteiger partial charge is 0.508 e. The number of hydrogen-bond acceptors (Lipinski definition) is 2. The van der Waals surface area contributed by atoms with Gasteiger partial charge in [-0.1, -0.05) is 30.3 Å². The summed E-state index contributed by atoms with van der Waals surface area (Å²) < 4.78 is 16.1. The van der Waals surface area contributed by atoms with E-state index in [9.17, 15) is 9.50 Å². The lowest BCUT2D eigenvalue weighted by Crippen LogP contribution is -2.29. The highest BCUT2D eigenvalue weighted by molar-refractivity contribution is 5.34. The molecule has 0 bridgehead atoms. The molecule has 0 spiro atoms. The van der Waals surface area contributed by atoms with E-state index in [2.05, 4.69) is 21.7 Å². The monoisotopic (exact) mass is 336 g/mol. The van der Waals surface area contributed by atoms with Gasteiger partial charge in [0.15, 0.2) is 0 Å². The number of fused-ring (bicyclic) bond motifs is 1. The number of phenolic OH excluding ortho intramolecular Hbond substituents is 1. The number of aromatic hydroxyl groups is 1. The molecule has 128 valence electrons. The van der Waals surface area contributed by atoms with Crippen molar-refractivity contribution in [1.82, 2.24) is 9.47 Å². The molecule has 0 saturated heterocycles. The summed E-state index contributed by atoms with van der Waals surface area (Å²) in [5, 5.41) is 10.2. The van der Waals surface area contributed by atoms with E-state index in [0.29, 0.717) is 12.3 Å². The topological polar surface area (TPSA) is 28.4 Å². The Labute approximate surface area is 147 Å². The molecule has 1 aliphatic rings. The van der Waals surface area contributed by atoms with Crippen molar-refractivity contribution in [2.24, 2.45) is 0 Å². The molecule has 25 heavy (non-hydrogen) atoms. The number of hydrogen-bond donors (Lipinski definition) is 1. The van der Waals surface area contributed by atoms with Crippen LogP contribution >= 0.6 is 0 Å². The van der Waals surface area contributed by atoms with Gasteiger partial charge in [-0.2, -0.15) is 0 Å². The summed E-state index contributed by atoms with van der Waals surface area (Å²) in [5.41, 5.74) is 3.00. The van der Waals surface area contributed by atoms with Crippen LogP contribution in [0.3, 0.4) is 0 Å². The number of aryl methyl sites for hydroxylation is 1. The van der Waals surface area contributed by atoms with Gasteiger partial charge in [0.1, 0.15) is 11.6 Å². The summed E-state index contributed by atoms with van der Waals surface area (Å²) in [4.78, 5) is 2.32. The Bertz CT molecular complexity index is 874. The SMILES string of the molecule is Oc1ccccc1CN1CCCn2cccc2[C@@H]1c1cccc(F)c1. The van der Waals surface area contributed by atoms with Gasteiger partial charge in [0, 0.05) is 37.1 Å². The maximum atomic E-state index is 13.9. The predicted molar refractivity (Wildman–Crippen MR) is 95.8 cm³/mol. The van der Waals surface area contributed by atoms with Crippen molar-refractivity contribution in [2.75, 3.05) is 6.54 Å². The molecule has 3 aromatic rings. The summed E-state index contributed by atoms with van der Waals surface area (Å²) in [7, 11) is 0. The number of nitrogens with zero attached hydrogens (tertiary/aromatic N) is 2. The van der Waals surface area contributed by atoms with Gasteiger partial charge in [-0.15, -0.1) is 0 Å². The van der Waals surface area contributed by atoms with E-state index in [1.54, 1.807) is 18.2 Å². The van der Waals surface area contributed by atoms with Gasteiger partial charge in [-0.05, 0) is 42.3 Å². The first-order chi connectivity index (χ1) is 12.2. The Kier molecular flexibility index (Phi) is 4.28. The number of para-hydroxylation sites is 1. The van der Waals surface area contributed by atoms with Gasteiger partial charge in [0.25, 0.3) is 0 Å². The second-order valence-corrected chi connectivity index (χ2v) is 6.54. The van der Waals surface area contributed by atoms with Crippen LogP contribution in [0.25, 0.3) is 0 Å². The molecule has 1 atom stereocenters. The maximum absolute atomic E-state index is 13.9. The van der Waals surface area contributed by atoms with Crippen molar-refractivity contribution in [2.45, 2.75) is 25.6 Å². The smallest absolute Gasteiger partial charge is 0.123 e. The van der Waals surface area contributed by atoms with Crippen LogP contribution in [-0.4, -0.2) is 21.1 Å². The van der Waals surface area contributed by atoms with Gasteiger partial charge in [0.05, 0.1) is 6.04 Å². The third-order valence-corrected chi connectivity index (χ3v) is 4.88. The zero-order valence-corrected chi connectivity index (χ0v) is 14.0. The first-order valence-corrected chi connectivity index (χ1v) is 8.64. The Hall–Kier alpha value is -2.59. The first-order valence-electron chi connectivity index (χ1n) is 8.64. The van der Waals surface area contributed by atoms with Crippen molar-refractivity contribution < 1.29 is 9.50 Å². The molecule has 2 heterocycles. The van der Waals surface area contributed by atoms with E-state index < -0.39 is 0 Å². The molecule has 0 fully saturated rings. The van der Waals surface area contributed by atoms with Gasteiger partial charge < -0.3 is 9.67 Å². The lowest BCUT2D eigenvalue weighted by Gasteiger charge is -2.31. The molecule has 2 aromatic carbocycles. The average molecular weight is 336 g/mol. The normalized spacial score (nSPS) is 17.9. The second-order valence-electron chi connectivity index (χ2n) is 6.54. The fourth-order valence-electron chi connectivity index (χ4n) is 3.73. The molecule has 4 heteroatoms. The van der Waals surface area contributed by atoms with Crippen LogP contribution in [0.5, 0.6) is 5.75 Å². The third-order valence-electron chi connectivity index (χ3n) is 4.88. The van der Waals surface area contributed by atoms with Crippen molar-refractivity contribution in [3.8, 4) is 5.75 Å². The Morgan fingerprint density at radius 2 is 1.88 bits per heavy atom. The fourth-order valence-corrected chi connectivity index (χ4v) is 3.73. The minimum Gasteiger partial charge on any atom is -0.508 e.